The number of aryl methyl sites for hydroxylation is 3. The van der Waals surface area contributed by atoms with Crippen LogP contribution in [0.4, 0.5) is 0 Å². The van der Waals surface area contributed by atoms with Crippen molar-refractivity contribution in [1.29, 1.82) is 0 Å². The standard InChI is InChI=1S/C24H32N4O/c1-5-22-26-23-17(2)13-18(3)25-24(23)28(22)15-19-8-10-21(11-9-19)29-16-20-7-6-12-27(4)14-20/h8-11,13,20H,5-7,12,14-16H2,1-4H3. The summed E-state index contributed by atoms with van der Waals surface area (Å²) >= 11 is 0. The molecule has 0 bridgehead atoms. The zero-order chi connectivity index (χ0) is 20.4. The molecule has 2 aromatic heterocycles. The molecule has 4 rings (SSSR count). The Kier molecular flexibility index (Phi) is 5.86. The van der Waals surface area contributed by atoms with E-state index >= 15 is 0 Å². The summed E-state index contributed by atoms with van der Waals surface area (Å²) in [6.45, 7) is 10.2. The summed E-state index contributed by atoms with van der Waals surface area (Å²) in [6, 6.07) is 10.6. The fraction of sp³-hybridized carbons (Fsp3) is 0.500. The van der Waals surface area contributed by atoms with Gasteiger partial charge < -0.3 is 14.2 Å². The zero-order valence-electron chi connectivity index (χ0n) is 18.1. The molecule has 1 aromatic carbocycles. The van der Waals surface area contributed by atoms with Crippen LogP contribution in [0.25, 0.3) is 11.2 Å². The number of fused-ring (bicyclic) bond motifs is 1. The highest BCUT2D eigenvalue weighted by atomic mass is 16.5. The molecule has 3 heterocycles. The van der Waals surface area contributed by atoms with Crippen LogP contribution in [0, 0.1) is 19.8 Å². The van der Waals surface area contributed by atoms with Crippen LogP contribution in [0.3, 0.4) is 0 Å². The second-order valence-electron chi connectivity index (χ2n) is 8.45. The fourth-order valence-corrected chi connectivity index (χ4v) is 4.38. The van der Waals surface area contributed by atoms with Gasteiger partial charge in [-0.2, -0.15) is 0 Å². The molecule has 1 aliphatic heterocycles. The molecule has 1 aliphatic rings. The predicted molar refractivity (Wildman–Crippen MR) is 118 cm³/mol. The average molecular weight is 393 g/mol. The highest BCUT2D eigenvalue weighted by Crippen LogP contribution is 2.22. The molecule has 0 saturated carbocycles. The summed E-state index contributed by atoms with van der Waals surface area (Å²) in [6.07, 6.45) is 3.43. The second kappa shape index (κ2) is 8.54. The van der Waals surface area contributed by atoms with E-state index in [1.807, 2.05) is 6.92 Å². The molecule has 1 saturated heterocycles. The first-order valence-corrected chi connectivity index (χ1v) is 10.8. The molecule has 5 heteroatoms. The summed E-state index contributed by atoms with van der Waals surface area (Å²) in [5.74, 6) is 2.68. The van der Waals surface area contributed by atoms with Crippen molar-refractivity contribution in [3.8, 4) is 5.75 Å². The van der Waals surface area contributed by atoms with Gasteiger partial charge >= 0.3 is 0 Å². The van der Waals surface area contributed by atoms with E-state index in [1.165, 1.54) is 30.5 Å². The molecular weight excluding hydrogens is 360 g/mol. The molecule has 154 valence electrons. The van der Waals surface area contributed by atoms with Crippen LogP contribution in [0.15, 0.2) is 30.3 Å². The lowest BCUT2D eigenvalue weighted by Crippen LogP contribution is -2.34. The molecule has 0 radical (unpaired) electrons. The Hall–Kier alpha value is -2.40. The first kappa shape index (κ1) is 19.9. The number of ether oxygens (including phenoxy) is 1. The summed E-state index contributed by atoms with van der Waals surface area (Å²) in [4.78, 5) is 12.0. The van der Waals surface area contributed by atoms with Crippen molar-refractivity contribution in [1.82, 2.24) is 19.4 Å². The van der Waals surface area contributed by atoms with Crippen molar-refractivity contribution >= 4 is 11.2 Å². The van der Waals surface area contributed by atoms with Gasteiger partial charge in [0.2, 0.25) is 0 Å². The molecule has 1 atom stereocenters. The SMILES string of the molecule is CCc1nc2c(C)cc(C)nc2n1Cc1ccc(OCC2CCCN(C)C2)cc1. The molecule has 1 fully saturated rings. The lowest BCUT2D eigenvalue weighted by molar-refractivity contribution is 0.150. The Labute approximate surface area is 173 Å². The van der Waals surface area contributed by atoms with Crippen molar-refractivity contribution < 1.29 is 4.74 Å². The van der Waals surface area contributed by atoms with Crippen LogP contribution in [-0.4, -0.2) is 46.2 Å². The first-order valence-electron chi connectivity index (χ1n) is 10.8. The van der Waals surface area contributed by atoms with E-state index in [0.29, 0.717) is 5.92 Å². The van der Waals surface area contributed by atoms with Crippen LogP contribution in [-0.2, 0) is 13.0 Å². The molecule has 29 heavy (non-hydrogen) atoms. The molecule has 3 aromatic rings. The number of aromatic nitrogens is 3. The van der Waals surface area contributed by atoms with Gasteiger partial charge in [0.1, 0.15) is 17.1 Å². The number of benzene rings is 1. The van der Waals surface area contributed by atoms with E-state index in [1.54, 1.807) is 0 Å². The van der Waals surface area contributed by atoms with Crippen molar-refractivity contribution in [3.05, 3.63) is 53.0 Å². The van der Waals surface area contributed by atoms with Gasteiger partial charge in [-0.25, -0.2) is 9.97 Å². The number of hydrogen-bond donors (Lipinski definition) is 0. The highest BCUT2D eigenvalue weighted by molar-refractivity contribution is 5.76. The minimum absolute atomic E-state index is 0.635. The molecule has 0 aliphatic carbocycles. The summed E-state index contributed by atoms with van der Waals surface area (Å²) in [7, 11) is 2.20. The van der Waals surface area contributed by atoms with Crippen molar-refractivity contribution in [3.63, 3.8) is 0 Å². The topological polar surface area (TPSA) is 43.2 Å². The second-order valence-corrected chi connectivity index (χ2v) is 8.45. The molecule has 5 nitrogen and oxygen atoms in total. The summed E-state index contributed by atoms with van der Waals surface area (Å²) in [5, 5.41) is 0. The van der Waals surface area contributed by atoms with Crippen molar-refractivity contribution in [2.75, 3.05) is 26.7 Å². The van der Waals surface area contributed by atoms with Crippen LogP contribution < -0.4 is 4.74 Å². The highest BCUT2D eigenvalue weighted by Gasteiger charge is 2.18. The minimum Gasteiger partial charge on any atom is -0.493 e. The fourth-order valence-electron chi connectivity index (χ4n) is 4.38. The van der Waals surface area contributed by atoms with E-state index in [4.69, 9.17) is 14.7 Å². The van der Waals surface area contributed by atoms with E-state index in [0.717, 1.165) is 54.5 Å². The Morgan fingerprint density at radius 2 is 1.93 bits per heavy atom. The number of hydrogen-bond acceptors (Lipinski definition) is 4. The van der Waals surface area contributed by atoms with E-state index in [-0.39, 0.29) is 0 Å². The van der Waals surface area contributed by atoms with Crippen LogP contribution >= 0.6 is 0 Å². The lowest BCUT2D eigenvalue weighted by Gasteiger charge is -2.29. The first-order chi connectivity index (χ1) is 14.0. The maximum absolute atomic E-state index is 6.07. The van der Waals surface area contributed by atoms with Gasteiger partial charge in [0.05, 0.1) is 13.2 Å². The normalized spacial score (nSPS) is 17.7. The lowest BCUT2D eigenvalue weighted by atomic mass is 10.00. The number of nitrogens with zero attached hydrogens (tertiary/aromatic N) is 4. The van der Waals surface area contributed by atoms with E-state index in [9.17, 15) is 0 Å². The van der Waals surface area contributed by atoms with Gasteiger partial charge in [-0.1, -0.05) is 19.1 Å². The molecule has 0 amide bonds. The molecular formula is C24H32N4O. The smallest absolute Gasteiger partial charge is 0.160 e. The Bertz CT molecular complexity index is 977. The number of rotatable bonds is 6. The maximum atomic E-state index is 6.07. The number of piperidine rings is 1. The number of likely N-dealkylation sites (tertiary alicyclic amines) is 1. The van der Waals surface area contributed by atoms with Crippen LogP contribution in [0.1, 0.15) is 42.4 Å². The molecule has 0 spiro atoms. The quantitative estimate of drug-likeness (QED) is 0.624. The monoisotopic (exact) mass is 392 g/mol. The van der Waals surface area contributed by atoms with Gasteiger partial charge in [0, 0.05) is 24.6 Å². The third kappa shape index (κ3) is 4.45. The Morgan fingerprint density at radius 1 is 1.14 bits per heavy atom. The molecule has 0 N–H and O–H groups in total. The van der Waals surface area contributed by atoms with Gasteiger partial charge in [0.25, 0.3) is 0 Å². The van der Waals surface area contributed by atoms with Crippen LogP contribution in [0.2, 0.25) is 0 Å². The van der Waals surface area contributed by atoms with Gasteiger partial charge in [-0.3, -0.25) is 0 Å². The summed E-state index contributed by atoms with van der Waals surface area (Å²) < 4.78 is 8.33. The number of imidazole rings is 1. The minimum atomic E-state index is 0.635. The third-order valence-electron chi connectivity index (χ3n) is 5.89. The van der Waals surface area contributed by atoms with Gasteiger partial charge in [-0.15, -0.1) is 0 Å². The average Bonchev–Trinajstić information content (AvgIpc) is 3.05. The molecule has 1 unspecified atom stereocenters. The maximum Gasteiger partial charge on any atom is 0.160 e. The van der Waals surface area contributed by atoms with Crippen LogP contribution in [0.5, 0.6) is 5.75 Å². The Balaban J connectivity index is 1.47. The summed E-state index contributed by atoms with van der Waals surface area (Å²) in [5.41, 5.74) is 5.48. The van der Waals surface area contributed by atoms with E-state index < -0.39 is 0 Å². The van der Waals surface area contributed by atoms with Crippen molar-refractivity contribution in [2.45, 2.75) is 46.6 Å². The predicted octanol–water partition coefficient (Wildman–Crippen LogP) is 4.38. The number of pyridine rings is 1. The third-order valence-corrected chi connectivity index (χ3v) is 5.89. The van der Waals surface area contributed by atoms with Gasteiger partial charge in [0.15, 0.2) is 5.65 Å². The Morgan fingerprint density at radius 3 is 2.66 bits per heavy atom. The van der Waals surface area contributed by atoms with Crippen molar-refractivity contribution in [2.24, 2.45) is 5.92 Å². The van der Waals surface area contributed by atoms with Gasteiger partial charge in [-0.05, 0) is 69.6 Å². The van der Waals surface area contributed by atoms with E-state index in [2.05, 4.69) is 60.7 Å². The zero-order valence-corrected chi connectivity index (χ0v) is 18.1. The largest absolute Gasteiger partial charge is 0.493 e.